The van der Waals surface area contributed by atoms with Gasteiger partial charge in [-0.05, 0) is 26.7 Å². The third-order valence-electron chi connectivity index (χ3n) is 3.60. The van der Waals surface area contributed by atoms with E-state index in [4.69, 9.17) is 5.26 Å². The monoisotopic (exact) mass is 307 g/mol. The van der Waals surface area contributed by atoms with E-state index in [0.29, 0.717) is 13.1 Å². The molecule has 0 unspecified atom stereocenters. The molecular weight excluding hydrogens is 286 g/mol. The summed E-state index contributed by atoms with van der Waals surface area (Å²) >= 11 is 1.64. The van der Waals surface area contributed by atoms with Crippen LogP contribution in [0, 0.1) is 25.2 Å². The van der Waals surface area contributed by atoms with Gasteiger partial charge in [0.15, 0.2) is 5.13 Å². The average Bonchev–Trinajstić information content (AvgIpc) is 3.05. The lowest BCUT2D eigenvalue weighted by Gasteiger charge is -2.19. The summed E-state index contributed by atoms with van der Waals surface area (Å²) in [6, 6.07) is 1.95. The van der Waals surface area contributed by atoms with Crippen LogP contribution in [0.5, 0.6) is 0 Å². The van der Waals surface area contributed by atoms with E-state index in [1.165, 1.54) is 4.88 Å². The Balaban J connectivity index is 1.63. The molecule has 1 aliphatic heterocycles. The Labute approximate surface area is 129 Å². The second-order valence-electron chi connectivity index (χ2n) is 5.14. The van der Waals surface area contributed by atoms with Crippen LogP contribution in [-0.2, 0) is 4.79 Å². The molecule has 1 saturated heterocycles. The highest BCUT2D eigenvalue weighted by Crippen LogP contribution is 2.20. The number of aromatic nitrogens is 1. The van der Waals surface area contributed by atoms with Crippen molar-refractivity contribution in [2.75, 3.05) is 31.5 Å². The predicted molar refractivity (Wildman–Crippen MR) is 83.3 cm³/mol. The van der Waals surface area contributed by atoms with Gasteiger partial charge in [0.25, 0.3) is 0 Å². The molecule has 2 heterocycles. The lowest BCUT2D eigenvalue weighted by Crippen LogP contribution is -2.41. The molecule has 21 heavy (non-hydrogen) atoms. The molecule has 7 heteroatoms. The zero-order valence-electron chi connectivity index (χ0n) is 12.5. The molecule has 0 aromatic carbocycles. The van der Waals surface area contributed by atoms with Gasteiger partial charge in [-0.3, -0.25) is 4.79 Å². The first kappa shape index (κ1) is 15.7. The molecule has 114 valence electrons. The molecule has 1 fully saturated rings. The Kier molecular flexibility index (Phi) is 5.53. The Hall–Kier alpha value is -1.65. The zero-order chi connectivity index (χ0) is 15.2. The molecule has 1 aromatic rings. The molecule has 0 spiro atoms. The standard InChI is InChI=1S/C14H21N5OS/c1-10-11(2)21-14(18-10)17-6-5-16-9-13(20)19-7-3-4-12(19)8-15/h12,16H,3-7,9H2,1-2H3,(H,17,18)/t12-/m0/s1. The van der Waals surface area contributed by atoms with Crippen molar-refractivity contribution in [3.8, 4) is 6.07 Å². The van der Waals surface area contributed by atoms with Crippen LogP contribution in [0.2, 0.25) is 0 Å². The molecule has 2 N–H and O–H groups in total. The Morgan fingerprint density at radius 1 is 1.52 bits per heavy atom. The third-order valence-corrected chi connectivity index (χ3v) is 4.64. The van der Waals surface area contributed by atoms with Crippen molar-refractivity contribution in [2.24, 2.45) is 0 Å². The summed E-state index contributed by atoms with van der Waals surface area (Å²) in [4.78, 5) is 19.3. The van der Waals surface area contributed by atoms with Crippen LogP contribution in [0.15, 0.2) is 0 Å². The molecule has 0 radical (unpaired) electrons. The van der Waals surface area contributed by atoms with Gasteiger partial charge in [0.1, 0.15) is 6.04 Å². The van der Waals surface area contributed by atoms with Crippen molar-refractivity contribution < 1.29 is 4.79 Å². The smallest absolute Gasteiger partial charge is 0.237 e. The van der Waals surface area contributed by atoms with E-state index in [9.17, 15) is 4.79 Å². The molecular formula is C14H21N5OS. The van der Waals surface area contributed by atoms with Crippen LogP contribution < -0.4 is 10.6 Å². The average molecular weight is 307 g/mol. The van der Waals surface area contributed by atoms with Crippen LogP contribution in [-0.4, -0.2) is 48.0 Å². The van der Waals surface area contributed by atoms with Gasteiger partial charge in [-0.15, -0.1) is 11.3 Å². The lowest BCUT2D eigenvalue weighted by atomic mass is 10.2. The van der Waals surface area contributed by atoms with E-state index in [-0.39, 0.29) is 18.5 Å². The van der Waals surface area contributed by atoms with Crippen LogP contribution in [0.1, 0.15) is 23.4 Å². The number of rotatable bonds is 6. The van der Waals surface area contributed by atoms with Crippen LogP contribution in [0.4, 0.5) is 5.13 Å². The van der Waals surface area contributed by atoms with E-state index >= 15 is 0 Å². The third kappa shape index (κ3) is 4.16. The summed E-state index contributed by atoms with van der Waals surface area (Å²) in [5.41, 5.74) is 1.06. The molecule has 1 atom stereocenters. The van der Waals surface area contributed by atoms with Gasteiger partial charge >= 0.3 is 0 Å². The number of nitrogens with one attached hydrogen (secondary N) is 2. The normalized spacial score (nSPS) is 17.8. The summed E-state index contributed by atoms with van der Waals surface area (Å²) in [7, 11) is 0. The highest BCUT2D eigenvalue weighted by molar-refractivity contribution is 7.15. The number of thiazole rings is 1. The number of hydrogen-bond acceptors (Lipinski definition) is 6. The topological polar surface area (TPSA) is 81.1 Å². The molecule has 1 amide bonds. The second kappa shape index (κ2) is 7.38. The summed E-state index contributed by atoms with van der Waals surface area (Å²) in [6.07, 6.45) is 1.72. The van der Waals surface area contributed by atoms with Crippen molar-refractivity contribution in [2.45, 2.75) is 32.7 Å². The number of carbonyl (C=O) groups excluding carboxylic acids is 1. The molecule has 6 nitrogen and oxygen atoms in total. The molecule has 0 saturated carbocycles. The first-order valence-corrected chi connectivity index (χ1v) is 8.01. The van der Waals surface area contributed by atoms with Gasteiger partial charge in [0.05, 0.1) is 18.3 Å². The molecule has 0 bridgehead atoms. The maximum absolute atomic E-state index is 12.0. The summed E-state index contributed by atoms with van der Waals surface area (Å²) in [5, 5.41) is 16.2. The van der Waals surface area contributed by atoms with Gasteiger partial charge in [-0.1, -0.05) is 0 Å². The number of amides is 1. The van der Waals surface area contributed by atoms with E-state index in [0.717, 1.165) is 30.2 Å². The fraction of sp³-hybridized carbons (Fsp3) is 0.643. The number of nitrogens with zero attached hydrogens (tertiary/aromatic N) is 3. The maximum atomic E-state index is 12.0. The van der Waals surface area contributed by atoms with Gasteiger partial charge in [-0.25, -0.2) is 4.98 Å². The van der Waals surface area contributed by atoms with Crippen molar-refractivity contribution in [1.82, 2.24) is 15.2 Å². The van der Waals surface area contributed by atoms with Gasteiger partial charge in [0, 0.05) is 24.5 Å². The van der Waals surface area contributed by atoms with Gasteiger partial charge < -0.3 is 15.5 Å². The highest BCUT2D eigenvalue weighted by Gasteiger charge is 2.27. The quantitative estimate of drug-likeness (QED) is 0.774. The van der Waals surface area contributed by atoms with E-state index in [1.54, 1.807) is 16.2 Å². The van der Waals surface area contributed by atoms with E-state index in [2.05, 4.69) is 28.6 Å². The Bertz CT molecular complexity index is 516. The molecule has 1 aromatic heterocycles. The number of hydrogen-bond donors (Lipinski definition) is 2. The molecule has 2 rings (SSSR count). The highest BCUT2D eigenvalue weighted by atomic mass is 32.1. The maximum Gasteiger partial charge on any atom is 0.237 e. The summed E-state index contributed by atoms with van der Waals surface area (Å²) in [5.74, 6) is 0.0139. The minimum atomic E-state index is -0.237. The fourth-order valence-corrected chi connectivity index (χ4v) is 3.14. The van der Waals surface area contributed by atoms with Crippen molar-refractivity contribution in [3.05, 3.63) is 10.6 Å². The minimum Gasteiger partial charge on any atom is -0.360 e. The van der Waals surface area contributed by atoms with Crippen LogP contribution >= 0.6 is 11.3 Å². The molecule has 1 aliphatic rings. The van der Waals surface area contributed by atoms with Crippen LogP contribution in [0.3, 0.4) is 0 Å². The number of aryl methyl sites for hydroxylation is 2. The SMILES string of the molecule is Cc1nc(NCCNCC(=O)N2CCC[C@H]2C#N)sc1C. The van der Waals surface area contributed by atoms with Gasteiger partial charge in [-0.2, -0.15) is 5.26 Å². The Morgan fingerprint density at radius 3 is 3.00 bits per heavy atom. The number of carbonyl (C=O) groups is 1. The number of nitriles is 1. The first-order valence-electron chi connectivity index (χ1n) is 7.19. The minimum absolute atomic E-state index is 0.0139. The van der Waals surface area contributed by atoms with Gasteiger partial charge in [0.2, 0.25) is 5.91 Å². The van der Waals surface area contributed by atoms with Crippen LogP contribution in [0.25, 0.3) is 0 Å². The largest absolute Gasteiger partial charge is 0.360 e. The number of likely N-dealkylation sites (tertiary alicyclic amines) is 1. The zero-order valence-corrected chi connectivity index (χ0v) is 13.3. The predicted octanol–water partition coefficient (Wildman–Crippen LogP) is 1.28. The summed E-state index contributed by atoms with van der Waals surface area (Å²) < 4.78 is 0. The fourth-order valence-electron chi connectivity index (χ4n) is 2.30. The molecule has 0 aliphatic carbocycles. The van der Waals surface area contributed by atoms with Crippen molar-refractivity contribution in [3.63, 3.8) is 0 Å². The first-order chi connectivity index (χ1) is 10.1. The number of anilines is 1. The summed E-state index contributed by atoms with van der Waals surface area (Å²) in [6.45, 7) is 6.45. The Morgan fingerprint density at radius 2 is 2.33 bits per heavy atom. The second-order valence-corrected chi connectivity index (χ2v) is 6.34. The van der Waals surface area contributed by atoms with E-state index < -0.39 is 0 Å². The lowest BCUT2D eigenvalue weighted by molar-refractivity contribution is -0.130. The van der Waals surface area contributed by atoms with Crippen molar-refractivity contribution in [1.29, 1.82) is 5.26 Å². The van der Waals surface area contributed by atoms with E-state index in [1.807, 2.05) is 6.92 Å². The van der Waals surface area contributed by atoms with Crippen molar-refractivity contribution >= 4 is 22.4 Å².